The summed E-state index contributed by atoms with van der Waals surface area (Å²) in [7, 11) is 0. The molecule has 0 atom stereocenters. The van der Waals surface area contributed by atoms with Gasteiger partial charge in [0, 0.05) is 16.3 Å². The third kappa shape index (κ3) is 2.92. The number of furan rings is 1. The maximum Gasteiger partial charge on any atom is 0.129 e. The monoisotopic (exact) mass is 223 g/mol. The van der Waals surface area contributed by atoms with Gasteiger partial charge in [0.05, 0.1) is 12.9 Å². The van der Waals surface area contributed by atoms with Crippen LogP contribution in [-0.4, -0.2) is 0 Å². The number of thiophene rings is 1. The van der Waals surface area contributed by atoms with Gasteiger partial charge in [-0.3, -0.25) is 0 Å². The molecule has 2 aromatic rings. The van der Waals surface area contributed by atoms with Crippen LogP contribution in [0.1, 0.15) is 15.5 Å². The van der Waals surface area contributed by atoms with E-state index < -0.39 is 0 Å². The molecule has 15 heavy (non-hydrogen) atoms. The molecule has 0 aliphatic rings. The van der Waals surface area contributed by atoms with Gasteiger partial charge in [-0.2, -0.15) is 0 Å². The average molecular weight is 223 g/mol. The first kappa shape index (κ1) is 10.4. The Morgan fingerprint density at radius 3 is 2.73 bits per heavy atom. The highest BCUT2D eigenvalue weighted by Gasteiger charge is 2.00. The molecule has 0 unspecified atom stereocenters. The number of rotatable bonds is 5. The molecule has 0 aromatic carbocycles. The Bertz CT molecular complexity index is 394. The van der Waals surface area contributed by atoms with Crippen LogP contribution in [0.4, 0.5) is 0 Å². The lowest BCUT2D eigenvalue weighted by atomic mass is 10.4. The summed E-state index contributed by atoms with van der Waals surface area (Å²) in [6, 6.07) is 7.85. The Balaban J connectivity index is 1.78. The van der Waals surface area contributed by atoms with E-state index in [1.54, 1.807) is 17.6 Å². The topological polar surface area (TPSA) is 48.4 Å². The van der Waals surface area contributed by atoms with Crippen molar-refractivity contribution in [2.45, 2.75) is 19.8 Å². The molecule has 3 nitrogen and oxygen atoms in total. The fraction of sp³-hybridized carbons (Fsp3) is 0.273. The van der Waals surface area contributed by atoms with Crippen molar-refractivity contribution in [3.8, 4) is 0 Å². The van der Waals surface area contributed by atoms with E-state index in [2.05, 4.69) is 6.07 Å². The molecule has 0 radical (unpaired) electrons. The Labute approximate surface area is 92.5 Å². The van der Waals surface area contributed by atoms with Gasteiger partial charge in [0.15, 0.2) is 0 Å². The Hall–Kier alpha value is -1.10. The van der Waals surface area contributed by atoms with Gasteiger partial charge < -0.3 is 14.9 Å². The fourth-order valence-corrected chi connectivity index (χ4v) is 2.09. The highest BCUT2D eigenvalue weighted by atomic mass is 32.1. The van der Waals surface area contributed by atoms with Crippen LogP contribution in [0.15, 0.2) is 34.9 Å². The summed E-state index contributed by atoms with van der Waals surface area (Å²) < 4.78 is 10.7. The maximum absolute atomic E-state index is 5.52. The number of hydrogen-bond donors (Lipinski definition) is 1. The Morgan fingerprint density at radius 2 is 2.07 bits per heavy atom. The van der Waals surface area contributed by atoms with Crippen molar-refractivity contribution in [2.24, 2.45) is 5.73 Å². The van der Waals surface area contributed by atoms with Gasteiger partial charge in [-0.25, -0.2) is 0 Å². The van der Waals surface area contributed by atoms with Crippen LogP contribution in [0.25, 0.3) is 0 Å². The highest BCUT2D eigenvalue weighted by molar-refractivity contribution is 7.11. The Morgan fingerprint density at radius 1 is 1.20 bits per heavy atom. The minimum absolute atomic E-state index is 0.517. The molecular weight excluding hydrogens is 210 g/mol. The molecule has 0 aliphatic heterocycles. The molecule has 2 heterocycles. The molecule has 0 amide bonds. The van der Waals surface area contributed by atoms with E-state index in [0.29, 0.717) is 19.8 Å². The predicted octanol–water partition coefficient (Wildman–Crippen LogP) is 2.52. The van der Waals surface area contributed by atoms with Crippen molar-refractivity contribution in [2.75, 3.05) is 0 Å². The van der Waals surface area contributed by atoms with Crippen molar-refractivity contribution >= 4 is 11.3 Å². The normalized spacial score (nSPS) is 10.7. The van der Waals surface area contributed by atoms with Crippen LogP contribution < -0.4 is 5.73 Å². The average Bonchev–Trinajstić information content (AvgIpc) is 2.88. The van der Waals surface area contributed by atoms with Crippen LogP contribution >= 0.6 is 11.3 Å². The largest absolute Gasteiger partial charge is 0.467 e. The Kier molecular flexibility index (Phi) is 3.55. The molecule has 0 saturated heterocycles. The van der Waals surface area contributed by atoms with Crippen molar-refractivity contribution in [1.29, 1.82) is 0 Å². The number of nitrogens with two attached hydrogens (primary N) is 1. The molecule has 80 valence electrons. The van der Waals surface area contributed by atoms with E-state index in [0.717, 1.165) is 5.76 Å². The number of ether oxygens (including phenoxy) is 1. The SMILES string of the molecule is NCc1ccc(COCc2ccco2)s1. The van der Waals surface area contributed by atoms with E-state index in [9.17, 15) is 0 Å². The van der Waals surface area contributed by atoms with Gasteiger partial charge in [0.2, 0.25) is 0 Å². The van der Waals surface area contributed by atoms with E-state index in [-0.39, 0.29) is 0 Å². The van der Waals surface area contributed by atoms with Gasteiger partial charge in [-0.15, -0.1) is 11.3 Å². The van der Waals surface area contributed by atoms with Gasteiger partial charge in [0.1, 0.15) is 12.4 Å². The van der Waals surface area contributed by atoms with Crippen LogP contribution in [0.3, 0.4) is 0 Å². The minimum Gasteiger partial charge on any atom is -0.467 e. The van der Waals surface area contributed by atoms with E-state index >= 15 is 0 Å². The van der Waals surface area contributed by atoms with Crippen molar-refractivity contribution in [3.05, 3.63) is 46.0 Å². The van der Waals surface area contributed by atoms with Gasteiger partial charge >= 0.3 is 0 Å². The van der Waals surface area contributed by atoms with Crippen molar-refractivity contribution in [3.63, 3.8) is 0 Å². The van der Waals surface area contributed by atoms with Gasteiger partial charge in [0.25, 0.3) is 0 Å². The fourth-order valence-electron chi connectivity index (χ4n) is 1.26. The minimum atomic E-state index is 0.517. The number of hydrogen-bond acceptors (Lipinski definition) is 4. The molecule has 0 saturated carbocycles. The first-order chi connectivity index (χ1) is 7.38. The highest BCUT2D eigenvalue weighted by Crippen LogP contribution is 2.17. The summed E-state index contributed by atoms with van der Waals surface area (Å²) in [5, 5.41) is 0. The first-order valence-corrected chi connectivity index (χ1v) is 5.58. The quantitative estimate of drug-likeness (QED) is 0.847. The summed E-state index contributed by atoms with van der Waals surface area (Å²) >= 11 is 1.69. The zero-order chi connectivity index (χ0) is 10.5. The molecule has 2 N–H and O–H groups in total. The lowest BCUT2D eigenvalue weighted by molar-refractivity contribution is 0.0948. The third-order valence-electron chi connectivity index (χ3n) is 1.99. The standard InChI is InChI=1S/C11H13NO2S/c12-6-10-3-4-11(15-10)8-13-7-9-2-1-5-14-9/h1-5H,6-8,12H2. The summed E-state index contributed by atoms with van der Waals surface area (Å²) in [6.07, 6.45) is 1.65. The van der Waals surface area contributed by atoms with Crippen LogP contribution in [-0.2, 0) is 24.5 Å². The molecule has 0 aliphatic carbocycles. The molecule has 0 spiro atoms. The van der Waals surface area contributed by atoms with E-state index in [1.807, 2.05) is 18.2 Å². The molecule has 4 heteroatoms. The molecule has 2 aromatic heterocycles. The summed E-state index contributed by atoms with van der Waals surface area (Å²) in [5.41, 5.74) is 5.52. The van der Waals surface area contributed by atoms with Crippen LogP contribution in [0.2, 0.25) is 0 Å². The molecule has 0 bridgehead atoms. The summed E-state index contributed by atoms with van der Waals surface area (Å²) in [4.78, 5) is 2.38. The maximum atomic E-state index is 5.52. The second kappa shape index (κ2) is 5.11. The second-order valence-corrected chi connectivity index (χ2v) is 4.40. The smallest absolute Gasteiger partial charge is 0.129 e. The molecule has 2 rings (SSSR count). The zero-order valence-electron chi connectivity index (χ0n) is 8.31. The third-order valence-corrected chi connectivity index (χ3v) is 3.07. The molecular formula is C11H13NO2S. The van der Waals surface area contributed by atoms with Crippen molar-refractivity contribution < 1.29 is 9.15 Å². The summed E-state index contributed by atoms with van der Waals surface area (Å²) in [6.45, 7) is 1.73. The van der Waals surface area contributed by atoms with Crippen molar-refractivity contribution in [1.82, 2.24) is 0 Å². The van der Waals surface area contributed by atoms with Gasteiger partial charge in [-0.1, -0.05) is 0 Å². The molecule has 0 fully saturated rings. The lowest BCUT2D eigenvalue weighted by Crippen LogP contribution is -1.92. The predicted molar refractivity (Wildman–Crippen MR) is 59.4 cm³/mol. The van der Waals surface area contributed by atoms with Crippen LogP contribution in [0, 0.1) is 0 Å². The second-order valence-electron chi connectivity index (χ2n) is 3.14. The van der Waals surface area contributed by atoms with E-state index in [4.69, 9.17) is 14.9 Å². The lowest BCUT2D eigenvalue weighted by Gasteiger charge is -1.98. The van der Waals surface area contributed by atoms with E-state index in [1.165, 1.54) is 9.75 Å². The first-order valence-electron chi connectivity index (χ1n) is 4.76. The zero-order valence-corrected chi connectivity index (χ0v) is 9.13. The van der Waals surface area contributed by atoms with Gasteiger partial charge in [-0.05, 0) is 24.3 Å². The summed E-state index contributed by atoms with van der Waals surface area (Å²) in [5.74, 6) is 0.852. The van der Waals surface area contributed by atoms with Crippen LogP contribution in [0.5, 0.6) is 0 Å².